The molecule has 0 aromatic heterocycles. The van der Waals surface area contributed by atoms with Crippen LogP contribution >= 0.6 is 27.5 Å². The standard InChI is InChI=1S/C33H31BrClN3O2/c1-19-13-20(2)26(14-21(19)18-40-25-11-7-23(35)8-12-25)30-27(17-36)32(37)38(24-9-5-22(34)6-10-24)28-15-33(3,4)16-29(39)31(28)30/h5-14,30H,15-16,18,37H2,1-4H3. The van der Waals surface area contributed by atoms with Gasteiger partial charge in [-0.1, -0.05) is 53.5 Å². The SMILES string of the molecule is Cc1cc(C)c(C2C(C#N)=C(N)N(c3ccc(Br)cc3)C3=C2C(=O)CC(C)(C)C3)cc1COc1ccc(Cl)cc1. The fourth-order valence-corrected chi connectivity index (χ4v) is 6.17. The van der Waals surface area contributed by atoms with Gasteiger partial charge in [0.2, 0.25) is 0 Å². The first kappa shape index (κ1) is 28.0. The van der Waals surface area contributed by atoms with Crippen molar-refractivity contribution in [2.45, 2.75) is 53.1 Å². The molecule has 0 spiro atoms. The topological polar surface area (TPSA) is 79.4 Å². The predicted octanol–water partition coefficient (Wildman–Crippen LogP) is 8.24. The van der Waals surface area contributed by atoms with Crippen LogP contribution in [0.15, 0.2) is 87.8 Å². The smallest absolute Gasteiger partial charge is 0.162 e. The van der Waals surface area contributed by atoms with Crippen molar-refractivity contribution in [1.29, 1.82) is 5.26 Å². The second kappa shape index (κ2) is 10.8. The number of nitrogens with two attached hydrogens (primary N) is 1. The molecule has 2 aliphatic rings. The maximum Gasteiger partial charge on any atom is 0.162 e. The van der Waals surface area contributed by atoms with Crippen molar-refractivity contribution < 1.29 is 9.53 Å². The Kier molecular flexibility index (Phi) is 7.56. The predicted molar refractivity (Wildman–Crippen MR) is 163 cm³/mol. The fourth-order valence-electron chi connectivity index (χ4n) is 5.78. The number of ketones is 1. The number of rotatable bonds is 5. The number of hydrogen-bond donors (Lipinski definition) is 1. The second-order valence-corrected chi connectivity index (χ2v) is 12.7. The number of carbonyl (C=O) groups is 1. The molecule has 204 valence electrons. The van der Waals surface area contributed by atoms with Gasteiger partial charge in [-0.2, -0.15) is 5.26 Å². The number of hydrogen-bond acceptors (Lipinski definition) is 5. The van der Waals surface area contributed by atoms with E-state index in [9.17, 15) is 10.1 Å². The number of nitriles is 1. The van der Waals surface area contributed by atoms with Crippen LogP contribution in [0.25, 0.3) is 0 Å². The molecular weight excluding hydrogens is 586 g/mol. The Balaban J connectivity index is 1.65. The molecule has 3 aromatic rings. The fraction of sp³-hybridized carbons (Fsp3) is 0.273. The molecule has 2 N–H and O–H groups in total. The zero-order chi connectivity index (χ0) is 28.8. The normalized spacial score (nSPS) is 18.5. The summed E-state index contributed by atoms with van der Waals surface area (Å²) in [6, 6.07) is 21.6. The lowest BCUT2D eigenvalue weighted by molar-refractivity contribution is -0.118. The van der Waals surface area contributed by atoms with Gasteiger partial charge in [-0.05, 0) is 96.5 Å². The van der Waals surface area contributed by atoms with Gasteiger partial charge in [0, 0.05) is 32.9 Å². The molecule has 1 aliphatic heterocycles. The Bertz CT molecular complexity index is 1600. The minimum Gasteiger partial charge on any atom is -0.489 e. The third-order valence-electron chi connectivity index (χ3n) is 7.71. The second-order valence-electron chi connectivity index (χ2n) is 11.3. The zero-order valence-electron chi connectivity index (χ0n) is 23.0. The summed E-state index contributed by atoms with van der Waals surface area (Å²) in [6.45, 7) is 8.61. The van der Waals surface area contributed by atoms with E-state index in [1.54, 1.807) is 12.1 Å². The molecule has 1 atom stereocenters. The summed E-state index contributed by atoms with van der Waals surface area (Å²) < 4.78 is 7.01. The van der Waals surface area contributed by atoms with Crippen LogP contribution in [-0.2, 0) is 11.4 Å². The van der Waals surface area contributed by atoms with Crippen molar-refractivity contribution >= 4 is 39.0 Å². The molecule has 5 nitrogen and oxygen atoms in total. The molecule has 7 heteroatoms. The first-order valence-electron chi connectivity index (χ1n) is 13.2. The molecule has 0 saturated heterocycles. The summed E-state index contributed by atoms with van der Waals surface area (Å²) in [6.07, 6.45) is 1.07. The number of ether oxygens (including phenoxy) is 1. The van der Waals surface area contributed by atoms with Crippen LogP contribution in [0.2, 0.25) is 5.02 Å². The van der Waals surface area contributed by atoms with Crippen LogP contribution in [0.5, 0.6) is 5.75 Å². The van der Waals surface area contributed by atoms with Crippen LogP contribution in [0.1, 0.15) is 54.9 Å². The maximum atomic E-state index is 13.9. The molecule has 5 rings (SSSR count). The van der Waals surface area contributed by atoms with E-state index in [4.69, 9.17) is 22.1 Å². The molecule has 40 heavy (non-hydrogen) atoms. The Morgan fingerprint density at radius 2 is 1.75 bits per heavy atom. The third kappa shape index (κ3) is 5.29. The van der Waals surface area contributed by atoms with Crippen molar-refractivity contribution in [2.75, 3.05) is 4.90 Å². The molecule has 1 heterocycles. The van der Waals surface area contributed by atoms with E-state index < -0.39 is 5.92 Å². The quantitative estimate of drug-likeness (QED) is 0.312. The van der Waals surface area contributed by atoms with Crippen molar-refractivity contribution in [3.05, 3.63) is 115 Å². The van der Waals surface area contributed by atoms with E-state index in [-0.39, 0.29) is 11.2 Å². The molecule has 3 aromatic carbocycles. The largest absolute Gasteiger partial charge is 0.489 e. The van der Waals surface area contributed by atoms with Gasteiger partial charge in [0.15, 0.2) is 5.78 Å². The van der Waals surface area contributed by atoms with Crippen LogP contribution in [-0.4, -0.2) is 5.78 Å². The minimum atomic E-state index is -0.551. The maximum absolute atomic E-state index is 13.9. The Labute approximate surface area is 249 Å². The number of allylic oxidation sites excluding steroid dienone is 3. The van der Waals surface area contributed by atoms with Crippen LogP contribution in [0.4, 0.5) is 5.69 Å². The van der Waals surface area contributed by atoms with Gasteiger partial charge in [-0.3, -0.25) is 9.69 Å². The van der Waals surface area contributed by atoms with Gasteiger partial charge in [0.1, 0.15) is 18.2 Å². The monoisotopic (exact) mass is 615 g/mol. The van der Waals surface area contributed by atoms with Crippen molar-refractivity contribution in [3.8, 4) is 11.8 Å². The van der Waals surface area contributed by atoms with Crippen molar-refractivity contribution in [1.82, 2.24) is 0 Å². The lowest BCUT2D eigenvalue weighted by atomic mass is 9.68. The summed E-state index contributed by atoms with van der Waals surface area (Å²) >= 11 is 9.53. The highest BCUT2D eigenvalue weighted by Crippen LogP contribution is 2.51. The molecule has 1 unspecified atom stereocenters. The number of halogens is 2. The van der Waals surface area contributed by atoms with Gasteiger partial charge < -0.3 is 10.5 Å². The van der Waals surface area contributed by atoms with Crippen molar-refractivity contribution in [3.63, 3.8) is 0 Å². The molecule has 0 fully saturated rings. The summed E-state index contributed by atoms with van der Waals surface area (Å²) in [5.74, 6) is 0.575. The number of benzene rings is 3. The summed E-state index contributed by atoms with van der Waals surface area (Å²) in [5.41, 5.74) is 13.3. The van der Waals surface area contributed by atoms with E-state index in [0.717, 1.165) is 38.1 Å². The average Bonchev–Trinajstić information content (AvgIpc) is 2.89. The van der Waals surface area contributed by atoms with Crippen LogP contribution < -0.4 is 15.4 Å². The number of anilines is 1. The summed E-state index contributed by atoms with van der Waals surface area (Å²) in [5, 5.41) is 11.1. The molecule has 0 saturated carbocycles. The van der Waals surface area contributed by atoms with Gasteiger partial charge in [0.25, 0.3) is 0 Å². The third-order valence-corrected chi connectivity index (χ3v) is 8.49. The average molecular weight is 617 g/mol. The molecular formula is C33H31BrClN3O2. The number of carbonyl (C=O) groups excluding carboxylic acids is 1. The lowest BCUT2D eigenvalue weighted by Crippen LogP contribution is -2.42. The van der Waals surface area contributed by atoms with Gasteiger partial charge >= 0.3 is 0 Å². The highest BCUT2D eigenvalue weighted by Gasteiger charge is 2.45. The summed E-state index contributed by atoms with van der Waals surface area (Å²) in [4.78, 5) is 15.8. The van der Waals surface area contributed by atoms with Crippen LogP contribution in [0, 0.1) is 30.6 Å². The van der Waals surface area contributed by atoms with Gasteiger partial charge in [-0.25, -0.2) is 0 Å². The molecule has 0 bridgehead atoms. The first-order chi connectivity index (χ1) is 19.0. The highest BCUT2D eigenvalue weighted by molar-refractivity contribution is 9.10. The molecule has 1 aliphatic carbocycles. The van der Waals surface area contributed by atoms with Gasteiger partial charge in [-0.15, -0.1) is 0 Å². The zero-order valence-corrected chi connectivity index (χ0v) is 25.4. The van der Waals surface area contributed by atoms with Crippen LogP contribution in [0.3, 0.4) is 0 Å². The Hall–Kier alpha value is -3.53. The van der Waals surface area contributed by atoms with E-state index >= 15 is 0 Å². The van der Waals surface area contributed by atoms with Crippen molar-refractivity contribution in [2.24, 2.45) is 11.1 Å². The molecule has 0 radical (unpaired) electrons. The number of aryl methyl sites for hydroxylation is 2. The van der Waals surface area contributed by atoms with E-state index in [0.29, 0.717) is 47.2 Å². The van der Waals surface area contributed by atoms with E-state index in [1.807, 2.05) is 55.1 Å². The minimum absolute atomic E-state index is 0.0533. The Morgan fingerprint density at radius 1 is 1.07 bits per heavy atom. The highest BCUT2D eigenvalue weighted by atomic mass is 79.9. The van der Waals surface area contributed by atoms with Gasteiger partial charge in [0.05, 0.1) is 17.6 Å². The molecule has 0 amide bonds. The van der Waals surface area contributed by atoms with E-state index in [1.165, 1.54) is 0 Å². The number of nitrogens with zero attached hydrogens (tertiary/aromatic N) is 2. The lowest BCUT2D eigenvalue weighted by Gasteiger charge is -2.44. The number of Topliss-reactive ketones (excluding diaryl/α,β-unsaturated/α-hetero) is 1. The first-order valence-corrected chi connectivity index (χ1v) is 14.4. The summed E-state index contributed by atoms with van der Waals surface area (Å²) in [7, 11) is 0. The van der Waals surface area contributed by atoms with E-state index in [2.05, 4.69) is 48.0 Å². The Morgan fingerprint density at radius 3 is 2.40 bits per heavy atom.